The molecule has 39 heavy (non-hydrogen) atoms. The Balaban J connectivity index is 3.91. The van der Waals surface area contributed by atoms with Crippen molar-refractivity contribution >= 4 is 15.2 Å². The summed E-state index contributed by atoms with van der Waals surface area (Å²) in [6, 6.07) is 4.11. The van der Waals surface area contributed by atoms with Gasteiger partial charge in [0.1, 0.15) is 0 Å². The molecule has 1 heterocycles. The highest BCUT2D eigenvalue weighted by molar-refractivity contribution is 7.72. The van der Waals surface area contributed by atoms with Crippen LogP contribution in [0, 0.1) is 0 Å². The summed E-state index contributed by atoms with van der Waals surface area (Å²) >= 11 is 0. The van der Waals surface area contributed by atoms with Crippen LogP contribution in [0.5, 0.6) is 0 Å². The third-order valence-corrected chi connectivity index (χ3v) is 12.5. The maximum absolute atomic E-state index is 14.7. The van der Waals surface area contributed by atoms with Crippen molar-refractivity contribution in [3.05, 3.63) is 29.1 Å². The van der Waals surface area contributed by atoms with Crippen LogP contribution in [0.3, 0.4) is 0 Å². The zero-order valence-corrected chi connectivity index (χ0v) is 28.7. The fraction of sp³-hybridized carbons (Fsp3) is 0.833. The molecule has 7 nitrogen and oxygen atoms in total. The van der Waals surface area contributed by atoms with E-state index in [1.807, 2.05) is 6.07 Å². The molecule has 0 spiro atoms. The lowest BCUT2D eigenvalue weighted by Crippen LogP contribution is -2.26. The first-order valence-electron chi connectivity index (χ1n) is 14.8. The van der Waals surface area contributed by atoms with Gasteiger partial charge in [0, 0.05) is 22.7 Å². The quantitative estimate of drug-likeness (QED) is 0.167. The summed E-state index contributed by atoms with van der Waals surface area (Å²) in [5.74, 6) is 0.306. The van der Waals surface area contributed by atoms with Gasteiger partial charge in [-0.15, -0.1) is 0 Å². The molecule has 0 amide bonds. The first kappa shape index (κ1) is 36.5. The second kappa shape index (κ2) is 15.6. The Bertz CT molecular complexity index is 905. The molecule has 1 unspecified atom stereocenters. The Morgan fingerprint density at radius 1 is 0.769 bits per heavy atom. The van der Waals surface area contributed by atoms with Crippen molar-refractivity contribution in [1.82, 2.24) is 4.98 Å². The number of aromatic nitrogens is 1. The number of nitrogens with zero attached hydrogens (tertiary/aromatic N) is 1. The highest BCUT2D eigenvalue weighted by Crippen LogP contribution is 2.72. The van der Waals surface area contributed by atoms with E-state index in [2.05, 4.69) is 40.7 Å². The first-order valence-corrected chi connectivity index (χ1v) is 18.0. The van der Waals surface area contributed by atoms with Gasteiger partial charge in [-0.05, 0) is 92.3 Å². The van der Waals surface area contributed by atoms with Gasteiger partial charge in [-0.2, -0.15) is 0 Å². The van der Waals surface area contributed by atoms with Crippen LogP contribution >= 0.6 is 15.2 Å². The molecule has 0 aliphatic rings. The van der Waals surface area contributed by atoms with E-state index < -0.39 is 45.0 Å². The molecule has 1 aromatic heterocycles. The van der Waals surface area contributed by atoms with Crippen LogP contribution in [-0.4, -0.2) is 34.8 Å². The first-order chi connectivity index (χ1) is 17.9. The Labute approximate surface area is 239 Å². The van der Waals surface area contributed by atoms with Crippen molar-refractivity contribution < 1.29 is 27.2 Å². The number of hydrogen-bond donors (Lipinski definition) is 0. The van der Waals surface area contributed by atoms with E-state index >= 15 is 0 Å². The van der Waals surface area contributed by atoms with Gasteiger partial charge in [0.25, 0.3) is 0 Å². The summed E-state index contributed by atoms with van der Waals surface area (Å²) < 4.78 is 53.4. The van der Waals surface area contributed by atoms with Crippen molar-refractivity contribution in [2.24, 2.45) is 0 Å². The zero-order valence-electron chi connectivity index (χ0n) is 26.9. The molecule has 0 saturated carbocycles. The molecule has 9 heteroatoms. The number of hydrogen-bond acceptors (Lipinski definition) is 7. The molecular formula is C30H57NO6P2. The molecule has 0 fully saturated rings. The standard InChI is InChI=1S/C30H57NO6P2/c1-14-16-17-26(15-2)27-18-25(19-28(31-27)30(11,12)13)20-29(38(32,34-21(3)4)35-22(5)6)39(33,36-23(7)8)37-24(9)10/h18-19,21-24,26,29H,14-17,20H2,1-13H3. The SMILES string of the molecule is CCCCC(CC)c1cc(CC(P(=O)(OC(C)C)OC(C)C)P(=O)(OC(C)C)OC(C)C)cc(C(C)(C)C)n1. The maximum Gasteiger partial charge on any atom is 0.346 e. The summed E-state index contributed by atoms with van der Waals surface area (Å²) in [6.07, 6.45) is 2.75. The molecule has 0 aromatic carbocycles. The van der Waals surface area contributed by atoms with Gasteiger partial charge >= 0.3 is 15.2 Å². The van der Waals surface area contributed by atoms with Gasteiger partial charge in [-0.3, -0.25) is 14.1 Å². The summed E-state index contributed by atoms with van der Waals surface area (Å²) in [5, 5.41) is -1.14. The molecule has 1 rings (SSSR count). The lowest BCUT2D eigenvalue weighted by atomic mass is 9.88. The predicted octanol–water partition coefficient (Wildman–Crippen LogP) is 10.0. The van der Waals surface area contributed by atoms with Crippen molar-refractivity contribution in [2.45, 2.75) is 163 Å². The van der Waals surface area contributed by atoms with Crippen LogP contribution in [0.1, 0.15) is 139 Å². The molecule has 228 valence electrons. The Morgan fingerprint density at radius 2 is 1.21 bits per heavy atom. The largest absolute Gasteiger partial charge is 0.346 e. The van der Waals surface area contributed by atoms with Crippen molar-refractivity contribution in [3.63, 3.8) is 0 Å². The highest BCUT2D eigenvalue weighted by Gasteiger charge is 2.53. The zero-order chi connectivity index (χ0) is 30.2. The smallest absolute Gasteiger partial charge is 0.305 e. The van der Waals surface area contributed by atoms with Crippen LogP contribution in [0.25, 0.3) is 0 Å². The fourth-order valence-corrected chi connectivity index (χ4v) is 10.4. The molecule has 0 radical (unpaired) electrons. The fourth-order valence-electron chi connectivity index (χ4n) is 4.45. The molecule has 0 aliphatic carbocycles. The molecule has 1 aromatic rings. The number of pyridine rings is 1. The molecule has 0 bridgehead atoms. The average Bonchev–Trinajstić information content (AvgIpc) is 2.74. The van der Waals surface area contributed by atoms with Gasteiger partial charge in [0.2, 0.25) is 0 Å². The average molecular weight is 590 g/mol. The van der Waals surface area contributed by atoms with E-state index in [1.54, 1.807) is 55.4 Å². The topological polar surface area (TPSA) is 84.0 Å². The molecule has 0 saturated heterocycles. The van der Waals surface area contributed by atoms with Gasteiger partial charge in [-0.25, -0.2) is 0 Å². The third kappa shape index (κ3) is 11.7. The monoisotopic (exact) mass is 589 g/mol. The van der Waals surface area contributed by atoms with Crippen LogP contribution in [0.2, 0.25) is 0 Å². The van der Waals surface area contributed by atoms with Gasteiger partial charge in [-0.1, -0.05) is 47.5 Å². The van der Waals surface area contributed by atoms with E-state index in [1.165, 1.54) is 0 Å². The minimum absolute atomic E-state index is 0.149. The van der Waals surface area contributed by atoms with E-state index in [9.17, 15) is 9.13 Å². The van der Waals surface area contributed by atoms with Crippen molar-refractivity contribution in [2.75, 3.05) is 0 Å². The summed E-state index contributed by atoms with van der Waals surface area (Å²) in [7, 11) is -7.99. The third-order valence-electron chi connectivity index (χ3n) is 6.07. The van der Waals surface area contributed by atoms with Crippen LogP contribution < -0.4 is 0 Å². The Hall–Kier alpha value is -0.550. The van der Waals surface area contributed by atoms with Gasteiger partial charge in [0.15, 0.2) is 5.40 Å². The summed E-state index contributed by atoms with van der Waals surface area (Å²) in [4.78, 5) is 5.09. The normalized spacial score (nSPS) is 14.4. The predicted molar refractivity (Wildman–Crippen MR) is 163 cm³/mol. The van der Waals surface area contributed by atoms with Crippen molar-refractivity contribution in [3.8, 4) is 0 Å². The van der Waals surface area contributed by atoms with Crippen molar-refractivity contribution in [1.29, 1.82) is 0 Å². The van der Waals surface area contributed by atoms with E-state index in [4.69, 9.17) is 23.1 Å². The van der Waals surface area contributed by atoms with E-state index in [0.717, 1.165) is 42.6 Å². The second-order valence-electron chi connectivity index (χ2n) is 12.7. The second-order valence-corrected chi connectivity index (χ2v) is 17.3. The number of unbranched alkanes of at least 4 members (excludes halogenated alkanes) is 1. The maximum atomic E-state index is 14.7. The number of rotatable bonds is 17. The lowest BCUT2D eigenvalue weighted by Gasteiger charge is -2.35. The van der Waals surface area contributed by atoms with E-state index in [-0.39, 0.29) is 11.8 Å². The van der Waals surface area contributed by atoms with E-state index in [0.29, 0.717) is 5.92 Å². The minimum atomic E-state index is -3.99. The summed E-state index contributed by atoms with van der Waals surface area (Å²) in [5.41, 5.74) is 2.63. The Morgan fingerprint density at radius 3 is 1.54 bits per heavy atom. The minimum Gasteiger partial charge on any atom is -0.305 e. The Kier molecular flexibility index (Phi) is 14.6. The van der Waals surface area contributed by atoms with Crippen LogP contribution in [-0.2, 0) is 39.1 Å². The molecular weight excluding hydrogens is 532 g/mol. The summed E-state index contributed by atoms with van der Waals surface area (Å²) in [6.45, 7) is 25.2. The molecule has 0 aliphatic heterocycles. The van der Waals surface area contributed by atoms with Crippen LogP contribution in [0.4, 0.5) is 0 Å². The lowest BCUT2D eigenvalue weighted by molar-refractivity contribution is 0.122. The highest BCUT2D eigenvalue weighted by atomic mass is 31.2. The van der Waals surface area contributed by atoms with Gasteiger partial charge < -0.3 is 18.1 Å². The van der Waals surface area contributed by atoms with Gasteiger partial charge in [0.05, 0.1) is 24.4 Å². The molecule has 0 N–H and O–H groups in total. The molecule has 1 atom stereocenters. The van der Waals surface area contributed by atoms with Crippen LogP contribution in [0.15, 0.2) is 12.1 Å².